The Labute approximate surface area is 829 Å². The first-order valence-corrected chi connectivity index (χ1v) is 50.9. The molecule has 0 saturated heterocycles. The SMILES string of the molecule is C.C.CC(C)(C)OC(=O)CCCCCCCCCCCCCCCCCCC(=O)O.CCOCC(=O)CCCNC(=O)COCCOCCNC(=O)CC[C@H](NC(=O)CCCCCCCCCCCCCCCCC(=O)OC(C)(C)C)C(=O)OC(C)(C)C.CCOCC(=O)CCCNC(=O)COCCOCCNC(=O)CC[C@H](NC(=O)OCC1c2ccccc2-c2ccccc21)C(=O)OC(C)(C)C. The highest BCUT2D eigenvalue weighted by molar-refractivity contribution is 5.87. The summed E-state index contributed by atoms with van der Waals surface area (Å²) in [5.41, 5.74) is 2.05. The maximum absolute atomic E-state index is 12.9. The van der Waals surface area contributed by atoms with Crippen molar-refractivity contribution in [1.82, 2.24) is 31.9 Å². The van der Waals surface area contributed by atoms with Gasteiger partial charge in [0.25, 0.3) is 0 Å². The van der Waals surface area contributed by atoms with E-state index in [9.17, 15) is 62.3 Å². The minimum atomic E-state index is -1.09. The van der Waals surface area contributed by atoms with E-state index in [4.69, 9.17) is 57.2 Å². The van der Waals surface area contributed by atoms with E-state index in [2.05, 4.69) is 31.9 Å². The lowest BCUT2D eigenvalue weighted by Gasteiger charge is -2.24. The molecule has 0 unspecified atom stereocenters. The summed E-state index contributed by atoms with van der Waals surface area (Å²) < 4.78 is 58.9. The molecule has 6 amide bonds. The van der Waals surface area contributed by atoms with Crippen molar-refractivity contribution < 1.29 is 120 Å². The van der Waals surface area contributed by atoms with Crippen LogP contribution >= 0.6 is 0 Å². The summed E-state index contributed by atoms with van der Waals surface area (Å²) in [6.45, 7) is 29.1. The molecule has 2 aromatic carbocycles. The smallest absolute Gasteiger partial charge is 0.407 e. The van der Waals surface area contributed by atoms with Crippen molar-refractivity contribution in [2.75, 3.05) is 112 Å². The van der Waals surface area contributed by atoms with Gasteiger partial charge in [-0.1, -0.05) is 230 Å². The van der Waals surface area contributed by atoms with Gasteiger partial charge in [-0.2, -0.15) is 0 Å². The second-order valence-corrected chi connectivity index (χ2v) is 38.7. The number of carboxylic acids is 1. The highest BCUT2D eigenvalue weighted by atomic mass is 16.6. The van der Waals surface area contributed by atoms with Crippen LogP contribution in [-0.4, -0.2) is 229 Å². The second-order valence-electron chi connectivity index (χ2n) is 38.7. The molecule has 31 nitrogen and oxygen atoms in total. The highest BCUT2D eigenvalue weighted by Crippen LogP contribution is 2.44. The van der Waals surface area contributed by atoms with Gasteiger partial charge in [0.2, 0.25) is 29.5 Å². The van der Waals surface area contributed by atoms with Crippen LogP contribution in [0, 0.1) is 0 Å². The summed E-state index contributed by atoms with van der Waals surface area (Å²) in [7, 11) is 0. The Morgan fingerprint density at radius 3 is 0.949 bits per heavy atom. The molecular weight excluding hydrogens is 1770 g/mol. The van der Waals surface area contributed by atoms with Crippen LogP contribution in [0.2, 0.25) is 0 Å². The van der Waals surface area contributed by atoms with Gasteiger partial charge in [0.1, 0.15) is 67.5 Å². The normalized spacial score (nSPS) is 12.0. The average Bonchev–Trinajstić information content (AvgIpc) is 1.61. The quantitative estimate of drug-likeness (QED) is 0.0184. The van der Waals surface area contributed by atoms with Gasteiger partial charge in [0, 0.05) is 96.7 Å². The van der Waals surface area contributed by atoms with E-state index < -0.39 is 52.9 Å². The molecule has 2 aromatic rings. The number of aliphatic carboxylic acids is 1. The van der Waals surface area contributed by atoms with E-state index >= 15 is 0 Å². The third-order valence-electron chi connectivity index (χ3n) is 21.3. The number of Topliss-reactive ketones (excluding diaryl/α,β-unsaturated/α-hetero) is 2. The van der Waals surface area contributed by atoms with Crippen molar-refractivity contribution in [2.45, 2.75) is 422 Å². The number of unbranched alkanes of at least 4 members (excludes halogenated alkanes) is 28. The molecule has 0 radical (unpaired) electrons. The zero-order valence-electron chi connectivity index (χ0n) is 85.8. The third kappa shape index (κ3) is 79.2. The number of hydrogen-bond donors (Lipinski definition) is 7. The van der Waals surface area contributed by atoms with Gasteiger partial charge in [-0.05, 0) is 171 Å². The molecule has 1 aliphatic rings. The van der Waals surface area contributed by atoms with E-state index in [1.807, 2.05) is 104 Å². The van der Waals surface area contributed by atoms with Crippen LogP contribution in [0.1, 0.15) is 399 Å². The number of amides is 6. The number of esters is 4. The van der Waals surface area contributed by atoms with Gasteiger partial charge in [-0.3, -0.25) is 47.9 Å². The number of fused-ring (bicyclic) bond motifs is 3. The van der Waals surface area contributed by atoms with E-state index in [-0.39, 0.29) is 191 Å². The fourth-order valence-electron chi connectivity index (χ4n) is 14.5. The summed E-state index contributed by atoms with van der Waals surface area (Å²) in [4.78, 5) is 157. The Bertz CT molecular complexity index is 3580. The van der Waals surface area contributed by atoms with Gasteiger partial charge in [0.05, 0.1) is 39.6 Å². The molecule has 7 N–H and O–H groups in total. The van der Waals surface area contributed by atoms with Gasteiger partial charge in [-0.25, -0.2) is 14.4 Å². The van der Waals surface area contributed by atoms with Crippen molar-refractivity contribution in [3.63, 3.8) is 0 Å². The number of benzene rings is 2. The molecule has 0 aromatic heterocycles. The first-order valence-electron chi connectivity index (χ1n) is 50.9. The molecule has 31 heteroatoms. The van der Waals surface area contributed by atoms with Crippen LogP contribution in [0.5, 0.6) is 0 Å². The molecule has 138 heavy (non-hydrogen) atoms. The van der Waals surface area contributed by atoms with E-state index in [0.717, 1.165) is 86.5 Å². The van der Waals surface area contributed by atoms with Crippen molar-refractivity contribution in [3.8, 4) is 11.1 Å². The molecule has 794 valence electrons. The van der Waals surface area contributed by atoms with Crippen molar-refractivity contribution in [1.29, 1.82) is 0 Å². The second kappa shape index (κ2) is 82.1. The zero-order valence-corrected chi connectivity index (χ0v) is 85.8. The lowest BCUT2D eigenvalue weighted by molar-refractivity contribution is -0.159. The first-order chi connectivity index (χ1) is 64.8. The Kier molecular flexibility index (Phi) is 78.3. The van der Waals surface area contributed by atoms with E-state index in [1.54, 1.807) is 41.5 Å². The van der Waals surface area contributed by atoms with Crippen LogP contribution in [0.3, 0.4) is 0 Å². The summed E-state index contributed by atoms with van der Waals surface area (Å²) in [6, 6.07) is 14.0. The number of ketones is 2. The molecule has 0 saturated carbocycles. The average molecular weight is 1960 g/mol. The van der Waals surface area contributed by atoms with Gasteiger partial charge in [-0.15, -0.1) is 0 Å². The minimum Gasteiger partial charge on any atom is -0.481 e. The topological polar surface area (TPSA) is 416 Å². The lowest BCUT2D eigenvalue weighted by Crippen LogP contribution is -2.45. The Balaban J connectivity index is 0. The van der Waals surface area contributed by atoms with Crippen LogP contribution in [-0.2, 0) is 110 Å². The van der Waals surface area contributed by atoms with Crippen LogP contribution in [0.4, 0.5) is 4.79 Å². The Morgan fingerprint density at radius 1 is 0.312 bits per heavy atom. The Hall–Kier alpha value is -8.49. The molecule has 2 atom stereocenters. The summed E-state index contributed by atoms with van der Waals surface area (Å²) in [5.74, 6) is -3.58. The number of carbonyl (C=O) groups excluding carboxylic acids is 12. The number of alkyl carbamates (subject to hydrolysis) is 1. The Morgan fingerprint density at radius 2 is 0.616 bits per heavy atom. The lowest BCUT2D eigenvalue weighted by atomic mass is 9.98. The van der Waals surface area contributed by atoms with Crippen LogP contribution in [0.15, 0.2) is 48.5 Å². The fourth-order valence-corrected chi connectivity index (χ4v) is 14.5. The molecule has 0 bridgehead atoms. The summed E-state index contributed by atoms with van der Waals surface area (Å²) in [6.07, 6.45) is 38.2. The molecular formula is C107H186N6O25. The van der Waals surface area contributed by atoms with Crippen molar-refractivity contribution >= 4 is 77.0 Å². The standard InChI is InChI=1S/C44H81N3O11.C37H51N3O10.C24H46O4.2CH4/c1-8-54-34-36(48)24-23-29-45-40(51)35-56-33-32-55-31-30-46-38(49)28-27-37(42(53)58-44(5,6)7)47-39(50)25-21-19-17-15-13-11-9-10-12-14-16-18-20-22-26-41(52)57-43(2,3)4;1-5-46-23-26(41)11-10-18-38-34(43)25-48-22-21-47-20-19-39-33(42)17-16-32(35(44)50-37(2,3)4)40-36(45)49-24-31-29-14-8-6-12-27(29)28-13-7-9-15-30(28)31;1-24(2,3)28-23(27)21-19-17-15-13-11-9-7-5-4-6-8-10-12-14-16-18-20-22(25)26;;/h37H,8-35H2,1-7H3,(H,45,51)(H,46,49)(H,47,50);6-9,12-15,31-32H,5,10-11,16-25H2,1-4H3,(H,38,43)(H,39,42)(H,40,45);4-21H2,1-3H3,(H,25,26);2*1H4/t37-;32-;;;/m00.../s1. The molecule has 0 heterocycles. The number of hydrogen-bond acceptors (Lipinski definition) is 24. The van der Waals surface area contributed by atoms with E-state index in [1.165, 1.54) is 128 Å². The van der Waals surface area contributed by atoms with Crippen molar-refractivity contribution in [2.24, 2.45) is 0 Å². The minimum absolute atomic E-state index is 0. The number of carboxylic acid groups (broad SMARTS) is 1. The molecule has 0 fully saturated rings. The van der Waals surface area contributed by atoms with Gasteiger partial charge in [0.15, 0.2) is 11.6 Å². The molecule has 0 spiro atoms. The maximum atomic E-state index is 12.9. The van der Waals surface area contributed by atoms with Crippen molar-refractivity contribution in [3.05, 3.63) is 59.7 Å². The molecule has 0 aliphatic heterocycles. The van der Waals surface area contributed by atoms with Gasteiger partial charge >= 0.3 is 35.9 Å². The summed E-state index contributed by atoms with van der Waals surface area (Å²) >= 11 is 0. The predicted molar refractivity (Wildman–Crippen MR) is 541 cm³/mol. The third-order valence-corrected chi connectivity index (χ3v) is 21.3. The first kappa shape index (κ1) is 132. The number of carbonyl (C=O) groups is 13. The largest absolute Gasteiger partial charge is 0.481 e. The van der Waals surface area contributed by atoms with E-state index in [0.29, 0.717) is 77.7 Å². The fraction of sp³-hybridized carbons (Fsp3) is 0.766. The maximum Gasteiger partial charge on any atom is 0.407 e. The summed E-state index contributed by atoms with van der Waals surface area (Å²) in [5, 5.41) is 24.8. The van der Waals surface area contributed by atoms with Gasteiger partial charge < -0.3 is 89.1 Å². The van der Waals surface area contributed by atoms with Crippen LogP contribution < -0.4 is 31.9 Å². The monoisotopic (exact) mass is 1960 g/mol. The zero-order chi connectivity index (χ0) is 101. The number of rotatable bonds is 78. The number of ether oxygens (including phenoxy) is 11. The predicted octanol–water partition coefficient (Wildman–Crippen LogP) is 19.2. The molecule has 1 aliphatic carbocycles. The highest BCUT2D eigenvalue weighted by Gasteiger charge is 2.33. The van der Waals surface area contributed by atoms with Crippen LogP contribution in [0.25, 0.3) is 11.1 Å². The number of nitrogens with one attached hydrogen (secondary N) is 6. The molecule has 3 rings (SSSR count).